The molecular formula is C32H39ClN6O3. The molecule has 3 aromatic rings. The number of aliphatic hydroxyl groups is 1. The summed E-state index contributed by atoms with van der Waals surface area (Å²) in [6.07, 6.45) is 8.15. The number of hydrogen-bond acceptors (Lipinski definition) is 8. The van der Waals surface area contributed by atoms with E-state index in [-0.39, 0.29) is 17.6 Å². The highest BCUT2D eigenvalue weighted by atomic mass is 35.5. The van der Waals surface area contributed by atoms with E-state index in [4.69, 9.17) is 16.3 Å². The molecule has 1 amide bonds. The van der Waals surface area contributed by atoms with Gasteiger partial charge in [-0.05, 0) is 95.3 Å². The Morgan fingerprint density at radius 2 is 1.93 bits per heavy atom. The maximum atomic E-state index is 12.6. The summed E-state index contributed by atoms with van der Waals surface area (Å²) < 4.78 is 6.03. The van der Waals surface area contributed by atoms with Gasteiger partial charge in [0.1, 0.15) is 29.5 Å². The predicted octanol–water partition coefficient (Wildman–Crippen LogP) is 6.29. The first-order chi connectivity index (χ1) is 20.1. The van der Waals surface area contributed by atoms with Crippen LogP contribution in [0.1, 0.15) is 68.8 Å². The second-order valence-corrected chi connectivity index (χ2v) is 12.4. The SMILES string of the molecule is CC(C)(C)NC(=O)c1cccc(Oc2ccc(Nc3ncnc4c3C=C(CNC3CCC(O)CC3)CCN4)cc2Cl)c1. The van der Waals surface area contributed by atoms with Crippen molar-refractivity contribution in [3.63, 3.8) is 0 Å². The third kappa shape index (κ3) is 8.00. The van der Waals surface area contributed by atoms with Crippen molar-refractivity contribution < 1.29 is 14.6 Å². The lowest BCUT2D eigenvalue weighted by molar-refractivity contribution is 0.0919. The summed E-state index contributed by atoms with van der Waals surface area (Å²) in [6, 6.07) is 12.9. The number of fused-ring (bicyclic) bond motifs is 1. The number of ether oxygens (including phenoxy) is 1. The Bertz CT molecular complexity index is 1450. The van der Waals surface area contributed by atoms with Gasteiger partial charge in [0.05, 0.1) is 16.7 Å². The second-order valence-electron chi connectivity index (χ2n) is 12.0. The molecule has 222 valence electrons. The molecule has 2 heterocycles. The molecule has 1 aliphatic heterocycles. The molecule has 0 unspecified atom stereocenters. The summed E-state index contributed by atoms with van der Waals surface area (Å²) in [5, 5.41) is 23.7. The minimum Gasteiger partial charge on any atom is -0.456 e. The van der Waals surface area contributed by atoms with Crippen LogP contribution in [0, 0.1) is 0 Å². The Kier molecular flexibility index (Phi) is 9.30. The summed E-state index contributed by atoms with van der Waals surface area (Å²) in [6.45, 7) is 7.39. The number of carbonyl (C=O) groups is 1. The van der Waals surface area contributed by atoms with Crippen LogP contribution in [0.2, 0.25) is 5.02 Å². The molecule has 0 atom stereocenters. The smallest absolute Gasteiger partial charge is 0.251 e. The fraction of sp³-hybridized carbons (Fsp3) is 0.406. The van der Waals surface area contributed by atoms with Gasteiger partial charge >= 0.3 is 0 Å². The summed E-state index contributed by atoms with van der Waals surface area (Å²) in [5.74, 6) is 2.28. The van der Waals surface area contributed by atoms with Crippen molar-refractivity contribution in [2.75, 3.05) is 23.7 Å². The van der Waals surface area contributed by atoms with Crippen molar-refractivity contribution in [1.82, 2.24) is 20.6 Å². The third-order valence-electron chi connectivity index (χ3n) is 7.29. The second kappa shape index (κ2) is 13.1. The first-order valence-corrected chi connectivity index (χ1v) is 14.9. The Labute approximate surface area is 252 Å². The predicted molar refractivity (Wildman–Crippen MR) is 168 cm³/mol. The zero-order valence-corrected chi connectivity index (χ0v) is 25.1. The van der Waals surface area contributed by atoms with Gasteiger partial charge in [-0.15, -0.1) is 0 Å². The lowest BCUT2D eigenvalue weighted by Gasteiger charge is -2.26. The fourth-order valence-corrected chi connectivity index (χ4v) is 5.34. The normalized spacial score (nSPS) is 18.6. The summed E-state index contributed by atoms with van der Waals surface area (Å²) >= 11 is 6.63. The molecule has 42 heavy (non-hydrogen) atoms. The molecule has 5 N–H and O–H groups in total. The molecule has 10 heteroatoms. The van der Waals surface area contributed by atoms with Gasteiger partial charge in [-0.1, -0.05) is 23.2 Å². The largest absolute Gasteiger partial charge is 0.456 e. The van der Waals surface area contributed by atoms with Crippen molar-refractivity contribution >= 4 is 40.9 Å². The Morgan fingerprint density at radius 1 is 1.12 bits per heavy atom. The molecule has 2 aromatic carbocycles. The van der Waals surface area contributed by atoms with Gasteiger partial charge in [0.15, 0.2) is 0 Å². The topological polar surface area (TPSA) is 120 Å². The standard InChI is InChI=1S/C32H39ClN6O3/c1-32(2,3)39-31(41)21-5-4-6-25(16-21)42-28-12-9-23(17-27(28)33)38-30-26-15-20(13-14-34-29(26)36-19-37-30)18-35-22-7-10-24(40)11-8-22/h4-6,9,12,15-17,19,22,24,35,40H,7-8,10-11,13-14,18H2,1-3H3,(H,39,41)(H2,34,36,37,38). The monoisotopic (exact) mass is 590 g/mol. The summed E-state index contributed by atoms with van der Waals surface area (Å²) in [7, 11) is 0. The van der Waals surface area contributed by atoms with Gasteiger partial charge < -0.3 is 31.1 Å². The van der Waals surface area contributed by atoms with Crippen LogP contribution >= 0.6 is 11.6 Å². The van der Waals surface area contributed by atoms with E-state index in [1.807, 2.05) is 26.8 Å². The zero-order valence-electron chi connectivity index (χ0n) is 24.3. The molecule has 1 fully saturated rings. The average Bonchev–Trinajstić information content (AvgIpc) is 3.16. The van der Waals surface area contributed by atoms with Crippen LogP contribution in [0.3, 0.4) is 0 Å². The van der Waals surface area contributed by atoms with Crippen molar-refractivity contribution in [2.45, 2.75) is 70.6 Å². The van der Waals surface area contributed by atoms with Crippen LogP contribution in [-0.4, -0.2) is 51.8 Å². The molecule has 1 saturated carbocycles. The fourth-order valence-electron chi connectivity index (χ4n) is 5.12. The van der Waals surface area contributed by atoms with E-state index in [2.05, 4.69) is 37.3 Å². The van der Waals surface area contributed by atoms with E-state index < -0.39 is 0 Å². The van der Waals surface area contributed by atoms with E-state index in [1.54, 1.807) is 42.7 Å². The molecule has 0 bridgehead atoms. The minimum atomic E-state index is -0.341. The molecule has 0 saturated heterocycles. The molecule has 5 rings (SSSR count). The molecule has 2 aliphatic rings. The number of rotatable bonds is 8. The first-order valence-electron chi connectivity index (χ1n) is 14.5. The van der Waals surface area contributed by atoms with E-state index in [0.29, 0.717) is 33.9 Å². The molecule has 1 aliphatic carbocycles. The molecular weight excluding hydrogens is 552 g/mol. The number of aromatic nitrogens is 2. The van der Waals surface area contributed by atoms with Crippen LogP contribution in [0.4, 0.5) is 17.3 Å². The Morgan fingerprint density at radius 3 is 2.69 bits per heavy atom. The number of amides is 1. The lowest BCUT2D eigenvalue weighted by atomic mass is 9.93. The number of nitrogens with one attached hydrogen (secondary N) is 4. The maximum Gasteiger partial charge on any atom is 0.251 e. The number of nitrogens with zero attached hydrogens (tertiary/aromatic N) is 2. The maximum absolute atomic E-state index is 12.6. The van der Waals surface area contributed by atoms with Crippen molar-refractivity contribution in [1.29, 1.82) is 0 Å². The van der Waals surface area contributed by atoms with E-state index in [1.165, 1.54) is 5.57 Å². The van der Waals surface area contributed by atoms with Crippen molar-refractivity contribution in [2.24, 2.45) is 0 Å². The number of carbonyl (C=O) groups excluding carboxylic acids is 1. The van der Waals surface area contributed by atoms with E-state index in [9.17, 15) is 9.90 Å². The highest BCUT2D eigenvalue weighted by Crippen LogP contribution is 2.34. The highest BCUT2D eigenvalue weighted by Gasteiger charge is 2.21. The molecule has 9 nitrogen and oxygen atoms in total. The van der Waals surface area contributed by atoms with Crippen LogP contribution < -0.4 is 26.0 Å². The summed E-state index contributed by atoms with van der Waals surface area (Å²) in [5.41, 5.74) is 3.09. The average molecular weight is 591 g/mol. The van der Waals surface area contributed by atoms with E-state index in [0.717, 1.165) is 62.3 Å². The number of halogens is 1. The highest BCUT2D eigenvalue weighted by molar-refractivity contribution is 6.32. The Balaban J connectivity index is 1.28. The van der Waals surface area contributed by atoms with Crippen molar-refractivity contribution in [3.05, 3.63) is 70.5 Å². The van der Waals surface area contributed by atoms with Gasteiger partial charge in [0.25, 0.3) is 5.91 Å². The first kappa shape index (κ1) is 29.8. The van der Waals surface area contributed by atoms with E-state index >= 15 is 0 Å². The van der Waals surface area contributed by atoms with Gasteiger partial charge in [0.2, 0.25) is 0 Å². The zero-order chi connectivity index (χ0) is 29.7. The molecule has 0 radical (unpaired) electrons. The van der Waals surface area contributed by atoms with Gasteiger partial charge in [-0.2, -0.15) is 0 Å². The minimum absolute atomic E-state index is 0.158. The van der Waals surface area contributed by atoms with Crippen LogP contribution in [-0.2, 0) is 0 Å². The van der Waals surface area contributed by atoms with Crippen molar-refractivity contribution in [3.8, 4) is 11.5 Å². The number of hydrogen-bond donors (Lipinski definition) is 5. The van der Waals surface area contributed by atoms with Crippen LogP contribution in [0.5, 0.6) is 11.5 Å². The Hall–Kier alpha value is -3.66. The molecule has 1 aromatic heterocycles. The quantitative estimate of drug-likeness (QED) is 0.208. The van der Waals surface area contributed by atoms with Gasteiger partial charge in [-0.3, -0.25) is 4.79 Å². The van der Waals surface area contributed by atoms with Gasteiger partial charge in [-0.25, -0.2) is 9.97 Å². The lowest BCUT2D eigenvalue weighted by Crippen LogP contribution is -2.40. The van der Waals surface area contributed by atoms with Crippen LogP contribution in [0.25, 0.3) is 6.08 Å². The molecule has 0 spiro atoms. The third-order valence-corrected chi connectivity index (χ3v) is 7.59. The van der Waals surface area contributed by atoms with Gasteiger partial charge in [0, 0.05) is 35.9 Å². The number of anilines is 3. The number of benzene rings is 2. The number of aliphatic hydroxyl groups excluding tert-OH is 1. The van der Waals surface area contributed by atoms with Crippen LogP contribution in [0.15, 0.2) is 54.4 Å². The summed E-state index contributed by atoms with van der Waals surface area (Å²) in [4.78, 5) is 21.6.